The van der Waals surface area contributed by atoms with Gasteiger partial charge in [-0.1, -0.05) is 11.8 Å². The molecule has 0 radical (unpaired) electrons. The number of nitrogens with two attached hydrogens (primary N) is 1. The van der Waals surface area contributed by atoms with Gasteiger partial charge in [0.2, 0.25) is 5.95 Å². The van der Waals surface area contributed by atoms with Crippen LogP contribution in [0.1, 0.15) is 19.1 Å². The fourth-order valence-electron chi connectivity index (χ4n) is 2.35. The number of hydrogen-bond donors (Lipinski definition) is 3. The standard InChI is InChI=1S/C10H14N5O5PS/c11-10-13-8-7(9(16)14-10)12-4-15(8)6-2-1-5(20-6)3-19-21(17,18)22/h4-6H,1-3H2,(H2,17,18,22)(H3,11,13,14,16)/p-1/t5-,6+/m0/s1. The molecule has 0 saturated carbocycles. The van der Waals surface area contributed by atoms with E-state index in [9.17, 15) is 9.69 Å². The number of rotatable bonds is 4. The van der Waals surface area contributed by atoms with E-state index in [1.807, 2.05) is 0 Å². The van der Waals surface area contributed by atoms with Crippen LogP contribution in [0.15, 0.2) is 11.1 Å². The van der Waals surface area contributed by atoms with Crippen LogP contribution >= 0.6 is 6.72 Å². The molecule has 1 aliphatic heterocycles. The van der Waals surface area contributed by atoms with E-state index in [0.717, 1.165) is 0 Å². The van der Waals surface area contributed by atoms with Gasteiger partial charge in [-0.25, -0.2) is 4.98 Å². The number of anilines is 1. The molecule has 0 amide bonds. The maximum Gasteiger partial charge on any atom is 0.280 e. The number of nitrogens with zero attached hydrogens (tertiary/aromatic N) is 3. The quantitative estimate of drug-likeness (QED) is 0.590. The molecule has 12 heteroatoms. The van der Waals surface area contributed by atoms with Crippen molar-refractivity contribution >= 4 is 35.6 Å². The molecule has 0 aromatic carbocycles. The first-order chi connectivity index (χ1) is 10.3. The number of H-pyrrole nitrogens is 1. The van der Waals surface area contributed by atoms with Gasteiger partial charge in [0.15, 0.2) is 11.2 Å². The molecule has 1 saturated heterocycles. The summed E-state index contributed by atoms with van der Waals surface area (Å²) in [5.74, 6) is -0.00976. The fraction of sp³-hybridized carbons (Fsp3) is 0.500. The van der Waals surface area contributed by atoms with Crippen LogP contribution in [-0.2, 0) is 21.1 Å². The summed E-state index contributed by atoms with van der Waals surface area (Å²) < 4.78 is 12.0. The predicted molar refractivity (Wildman–Crippen MR) is 78.2 cm³/mol. The summed E-state index contributed by atoms with van der Waals surface area (Å²) in [6.07, 6.45) is 1.89. The van der Waals surface area contributed by atoms with Crippen LogP contribution in [0.25, 0.3) is 11.2 Å². The lowest BCUT2D eigenvalue weighted by molar-refractivity contribution is -0.204. The fourth-order valence-corrected chi connectivity index (χ4v) is 2.88. The summed E-state index contributed by atoms with van der Waals surface area (Å²) >= 11 is 4.28. The Kier molecular flexibility index (Phi) is 4.02. The number of aromatic amines is 1. The maximum absolute atomic E-state index is 11.7. The van der Waals surface area contributed by atoms with Crippen molar-refractivity contribution in [3.63, 3.8) is 0 Å². The minimum Gasteiger partial charge on any atom is -0.780 e. The highest BCUT2D eigenvalue weighted by atomic mass is 32.5. The molecule has 10 nitrogen and oxygen atoms in total. The number of aromatic nitrogens is 4. The van der Waals surface area contributed by atoms with Crippen molar-refractivity contribution in [3.8, 4) is 0 Å². The first-order valence-corrected chi connectivity index (χ1v) is 8.99. The van der Waals surface area contributed by atoms with E-state index in [4.69, 9.17) is 19.9 Å². The highest BCUT2D eigenvalue weighted by Gasteiger charge is 2.29. The van der Waals surface area contributed by atoms with Crippen LogP contribution < -0.4 is 16.2 Å². The van der Waals surface area contributed by atoms with Gasteiger partial charge in [0.1, 0.15) is 12.9 Å². The monoisotopic (exact) mass is 346 g/mol. The molecule has 1 aliphatic rings. The van der Waals surface area contributed by atoms with Crippen LogP contribution in [0.3, 0.4) is 0 Å². The Hall–Kier alpha value is -1.36. The second-order valence-electron chi connectivity index (χ2n) is 4.83. The normalized spacial score (nSPS) is 24.6. The van der Waals surface area contributed by atoms with Crippen molar-refractivity contribution < 1.29 is 19.0 Å². The molecule has 1 fully saturated rings. The minimum absolute atomic E-state index is 0.00976. The zero-order valence-electron chi connectivity index (χ0n) is 11.2. The SMILES string of the molecule is Nc1nc2c(ncn2[C@H]2CC[C@@H](COP([O-])(O)=S)O2)c(=O)[nH]1. The Morgan fingerprint density at radius 3 is 3.18 bits per heavy atom. The summed E-state index contributed by atoms with van der Waals surface area (Å²) in [6, 6.07) is 0. The Morgan fingerprint density at radius 2 is 2.45 bits per heavy atom. The molecule has 120 valence electrons. The molecule has 4 N–H and O–H groups in total. The average molecular weight is 346 g/mol. The van der Waals surface area contributed by atoms with Crippen LogP contribution in [-0.4, -0.2) is 37.1 Å². The van der Waals surface area contributed by atoms with Gasteiger partial charge < -0.3 is 24.8 Å². The lowest BCUT2D eigenvalue weighted by Gasteiger charge is -2.22. The molecular formula is C10H13N5O5PS-. The van der Waals surface area contributed by atoms with Crippen molar-refractivity contribution in [2.75, 3.05) is 12.3 Å². The van der Waals surface area contributed by atoms with Crippen molar-refractivity contribution in [3.05, 3.63) is 16.7 Å². The lowest BCUT2D eigenvalue weighted by Crippen LogP contribution is -2.18. The van der Waals surface area contributed by atoms with Crippen LogP contribution in [0, 0.1) is 0 Å². The van der Waals surface area contributed by atoms with Gasteiger partial charge in [0, 0.05) is 0 Å². The summed E-state index contributed by atoms with van der Waals surface area (Å²) in [5.41, 5.74) is 5.60. The number of fused-ring (bicyclic) bond motifs is 1. The van der Waals surface area contributed by atoms with Gasteiger partial charge in [-0.3, -0.25) is 14.3 Å². The Balaban J connectivity index is 1.79. The smallest absolute Gasteiger partial charge is 0.280 e. The third-order valence-electron chi connectivity index (χ3n) is 3.27. The number of hydrogen-bond acceptors (Lipinski definition) is 8. The molecule has 3 atom stereocenters. The van der Waals surface area contributed by atoms with Crippen LogP contribution in [0.4, 0.5) is 5.95 Å². The molecule has 2 aromatic heterocycles. The first-order valence-electron chi connectivity index (χ1n) is 6.39. The van der Waals surface area contributed by atoms with Gasteiger partial charge >= 0.3 is 0 Å². The molecule has 22 heavy (non-hydrogen) atoms. The highest BCUT2D eigenvalue weighted by Crippen LogP contribution is 2.35. The molecule has 0 bridgehead atoms. The summed E-state index contributed by atoms with van der Waals surface area (Å²) in [4.78, 5) is 42.0. The molecule has 1 unspecified atom stereocenters. The van der Waals surface area contributed by atoms with Gasteiger partial charge in [-0.2, -0.15) is 4.98 Å². The van der Waals surface area contributed by atoms with Crippen molar-refractivity contribution in [2.45, 2.75) is 25.2 Å². The van der Waals surface area contributed by atoms with Crippen LogP contribution in [0.5, 0.6) is 0 Å². The molecule has 3 rings (SSSR count). The first kappa shape index (κ1) is 15.5. The highest BCUT2D eigenvalue weighted by molar-refractivity contribution is 8.06. The topological polar surface area (TPSA) is 151 Å². The molecule has 3 heterocycles. The van der Waals surface area contributed by atoms with Crippen molar-refractivity contribution in [1.29, 1.82) is 0 Å². The number of nitrogen functional groups attached to an aromatic ring is 1. The summed E-state index contributed by atoms with van der Waals surface area (Å²) in [6.45, 7) is -4.01. The predicted octanol–water partition coefficient (Wildman–Crippen LogP) is -1.03. The third-order valence-corrected chi connectivity index (χ3v) is 4.06. The summed E-state index contributed by atoms with van der Waals surface area (Å²) in [7, 11) is 0. The largest absolute Gasteiger partial charge is 0.780 e. The molecule has 2 aromatic rings. The number of nitrogens with one attached hydrogen (secondary N) is 1. The van der Waals surface area contributed by atoms with Gasteiger partial charge in [-0.15, -0.1) is 0 Å². The van der Waals surface area contributed by atoms with E-state index < -0.39 is 18.5 Å². The second-order valence-corrected chi connectivity index (χ2v) is 7.41. The van der Waals surface area contributed by atoms with Gasteiger partial charge in [0.05, 0.1) is 19.0 Å². The zero-order chi connectivity index (χ0) is 15.9. The Morgan fingerprint density at radius 1 is 1.68 bits per heavy atom. The number of ether oxygens (including phenoxy) is 1. The van der Waals surface area contributed by atoms with Crippen molar-refractivity contribution in [1.82, 2.24) is 19.5 Å². The number of imidazole rings is 1. The van der Waals surface area contributed by atoms with E-state index in [-0.39, 0.29) is 24.2 Å². The van der Waals surface area contributed by atoms with E-state index in [0.29, 0.717) is 18.5 Å². The van der Waals surface area contributed by atoms with E-state index >= 15 is 0 Å². The average Bonchev–Trinajstić information content (AvgIpc) is 3.01. The van der Waals surface area contributed by atoms with Gasteiger partial charge in [-0.05, 0) is 12.8 Å². The van der Waals surface area contributed by atoms with E-state index in [2.05, 4.69) is 26.8 Å². The molecule has 0 spiro atoms. The van der Waals surface area contributed by atoms with E-state index in [1.165, 1.54) is 6.33 Å². The lowest BCUT2D eigenvalue weighted by atomic mass is 10.2. The maximum atomic E-state index is 11.7. The Labute approximate surface area is 129 Å². The molecule has 0 aliphatic carbocycles. The van der Waals surface area contributed by atoms with E-state index in [1.54, 1.807) is 4.57 Å². The van der Waals surface area contributed by atoms with Crippen LogP contribution in [0.2, 0.25) is 0 Å². The van der Waals surface area contributed by atoms with Gasteiger partial charge in [0.25, 0.3) is 5.56 Å². The molecular weight excluding hydrogens is 333 g/mol. The Bertz CT molecular complexity index is 801. The summed E-state index contributed by atoms with van der Waals surface area (Å²) in [5, 5.41) is 0. The minimum atomic E-state index is -3.94. The second kappa shape index (κ2) is 5.69. The zero-order valence-corrected chi connectivity index (χ0v) is 12.9. The van der Waals surface area contributed by atoms with Crippen molar-refractivity contribution in [2.24, 2.45) is 0 Å². The third kappa shape index (κ3) is 3.19.